The Hall–Kier alpha value is -0.350. The maximum atomic E-state index is 11.6. The Morgan fingerprint density at radius 3 is 2.44 bits per heavy atom. The molecule has 2 fully saturated rings. The van der Waals surface area contributed by atoms with Gasteiger partial charge in [-0.1, -0.05) is 40.9 Å². The van der Waals surface area contributed by atoms with Crippen LogP contribution < -0.4 is 10.6 Å². The molecule has 0 bridgehead atoms. The van der Waals surface area contributed by atoms with Crippen LogP contribution in [0.1, 0.15) is 37.7 Å². The quantitative estimate of drug-likeness (QED) is 0.324. The Balaban J connectivity index is 0.00000261. The van der Waals surface area contributed by atoms with Crippen LogP contribution >= 0.6 is 39.9 Å². The van der Waals surface area contributed by atoms with Gasteiger partial charge < -0.3 is 10.6 Å². The third-order valence-electron chi connectivity index (χ3n) is 5.72. The van der Waals surface area contributed by atoms with Gasteiger partial charge in [-0.15, -0.1) is 24.0 Å². The number of sulfone groups is 1. The van der Waals surface area contributed by atoms with E-state index in [0.717, 1.165) is 23.4 Å². The van der Waals surface area contributed by atoms with Gasteiger partial charge in [-0.05, 0) is 42.9 Å². The van der Waals surface area contributed by atoms with Gasteiger partial charge in [0.05, 0.1) is 11.5 Å². The molecule has 1 aromatic carbocycles. The van der Waals surface area contributed by atoms with Gasteiger partial charge in [0.15, 0.2) is 15.8 Å². The minimum atomic E-state index is -2.83. The predicted octanol–water partition coefficient (Wildman–Crippen LogP) is 3.48. The summed E-state index contributed by atoms with van der Waals surface area (Å²) in [5.74, 6) is 1.56. The second-order valence-corrected chi connectivity index (χ2v) is 10.7. The summed E-state index contributed by atoms with van der Waals surface area (Å²) < 4.78 is 24.3. The monoisotopic (exact) mass is 569 g/mol. The number of aliphatic imine (C=N–C) groups is 1. The van der Waals surface area contributed by atoms with Gasteiger partial charge >= 0.3 is 0 Å². The molecule has 0 radical (unpaired) electrons. The van der Waals surface area contributed by atoms with Crippen LogP contribution in [0.4, 0.5) is 0 Å². The Morgan fingerprint density at radius 2 is 1.89 bits per heavy atom. The Morgan fingerprint density at radius 1 is 1.22 bits per heavy atom. The molecule has 3 rings (SSSR count). The lowest BCUT2D eigenvalue weighted by Crippen LogP contribution is -2.46. The highest BCUT2D eigenvalue weighted by Gasteiger charge is 2.35. The third-order valence-corrected chi connectivity index (χ3v) is 8.09. The van der Waals surface area contributed by atoms with Gasteiger partial charge in [0.25, 0.3) is 0 Å². The molecule has 0 spiro atoms. The number of hydrogen-bond acceptors (Lipinski definition) is 3. The lowest BCUT2D eigenvalue weighted by atomic mass is 9.79. The van der Waals surface area contributed by atoms with Crippen LogP contribution in [-0.4, -0.2) is 46.0 Å². The first kappa shape index (κ1) is 22.9. The van der Waals surface area contributed by atoms with Crippen molar-refractivity contribution in [1.29, 1.82) is 0 Å². The topological polar surface area (TPSA) is 70.6 Å². The van der Waals surface area contributed by atoms with Crippen molar-refractivity contribution in [3.05, 3.63) is 34.3 Å². The molecule has 2 N–H and O–H groups in total. The van der Waals surface area contributed by atoms with Crippen LogP contribution in [0.5, 0.6) is 0 Å². The summed E-state index contributed by atoms with van der Waals surface area (Å²) in [6, 6.07) is 8.67. The van der Waals surface area contributed by atoms with Crippen LogP contribution in [0.2, 0.25) is 0 Å². The van der Waals surface area contributed by atoms with Crippen LogP contribution in [0.3, 0.4) is 0 Å². The molecule has 1 heterocycles. The van der Waals surface area contributed by atoms with E-state index >= 15 is 0 Å². The zero-order valence-corrected chi connectivity index (χ0v) is 20.4. The van der Waals surface area contributed by atoms with E-state index in [0.29, 0.717) is 18.1 Å². The molecule has 27 heavy (non-hydrogen) atoms. The van der Waals surface area contributed by atoms with Crippen molar-refractivity contribution in [3.63, 3.8) is 0 Å². The number of halogens is 2. The summed E-state index contributed by atoms with van der Waals surface area (Å²) in [5, 5.41) is 6.81. The number of benzene rings is 1. The number of hydrogen-bond donors (Lipinski definition) is 2. The van der Waals surface area contributed by atoms with Crippen molar-refractivity contribution in [2.75, 3.05) is 31.6 Å². The predicted molar refractivity (Wildman–Crippen MR) is 126 cm³/mol. The first-order chi connectivity index (χ1) is 12.4. The number of nitrogens with one attached hydrogen (secondary N) is 2. The fourth-order valence-corrected chi connectivity index (χ4v) is 6.30. The normalized spacial score (nSPS) is 23.6. The minimum Gasteiger partial charge on any atom is -0.356 e. The molecule has 8 heteroatoms. The van der Waals surface area contributed by atoms with Crippen molar-refractivity contribution < 1.29 is 8.42 Å². The average molecular weight is 570 g/mol. The number of guanidine groups is 1. The fourth-order valence-electron chi connectivity index (χ4n) is 4.17. The van der Waals surface area contributed by atoms with E-state index in [-0.39, 0.29) is 35.3 Å². The zero-order valence-electron chi connectivity index (χ0n) is 15.7. The van der Waals surface area contributed by atoms with Gasteiger partial charge in [-0.2, -0.15) is 0 Å². The first-order valence-corrected chi connectivity index (χ1v) is 11.9. The van der Waals surface area contributed by atoms with E-state index in [1.807, 2.05) is 0 Å². The van der Waals surface area contributed by atoms with Crippen molar-refractivity contribution in [2.45, 2.75) is 37.5 Å². The Labute approximate surface area is 188 Å². The fraction of sp³-hybridized carbons (Fsp3) is 0.632. The maximum Gasteiger partial charge on any atom is 0.191 e. The lowest BCUT2D eigenvalue weighted by molar-refractivity contribution is 0.430. The highest BCUT2D eigenvalue weighted by molar-refractivity contribution is 14.0. The lowest BCUT2D eigenvalue weighted by Gasteiger charge is -2.31. The maximum absolute atomic E-state index is 11.6. The summed E-state index contributed by atoms with van der Waals surface area (Å²) in [4.78, 5) is 4.32. The number of rotatable bonds is 5. The van der Waals surface area contributed by atoms with E-state index in [1.165, 1.54) is 31.2 Å². The summed E-state index contributed by atoms with van der Waals surface area (Å²) in [6.45, 7) is 1.50. The van der Waals surface area contributed by atoms with E-state index in [2.05, 4.69) is 55.8 Å². The van der Waals surface area contributed by atoms with Crippen LogP contribution in [0.15, 0.2) is 33.7 Å². The minimum absolute atomic E-state index is 0. The average Bonchev–Trinajstić information content (AvgIpc) is 3.23. The summed E-state index contributed by atoms with van der Waals surface area (Å²) in [5.41, 5.74) is 1.53. The third kappa shape index (κ3) is 6.06. The Kier molecular flexibility index (Phi) is 8.42. The molecule has 1 aliphatic heterocycles. The van der Waals surface area contributed by atoms with E-state index in [1.54, 1.807) is 7.05 Å². The van der Waals surface area contributed by atoms with Crippen molar-refractivity contribution in [2.24, 2.45) is 10.9 Å². The summed E-state index contributed by atoms with van der Waals surface area (Å²) in [6.07, 6.45) is 5.61. The zero-order chi connectivity index (χ0) is 18.6. The summed E-state index contributed by atoms with van der Waals surface area (Å²) in [7, 11) is -1.06. The second-order valence-electron chi connectivity index (χ2n) is 7.57. The van der Waals surface area contributed by atoms with Crippen molar-refractivity contribution in [3.8, 4) is 0 Å². The molecule has 1 atom stereocenters. The molecular formula is C19H29BrIN3O2S. The van der Waals surface area contributed by atoms with Gasteiger partial charge in [0.2, 0.25) is 0 Å². The molecule has 0 amide bonds. The largest absolute Gasteiger partial charge is 0.356 e. The standard InChI is InChI=1S/C19H28BrN3O2S.HI/c1-21-18(22-12-15-8-11-26(24,25)13-15)23-14-19(9-2-3-10-19)16-4-6-17(20)7-5-16;/h4-7,15H,2-3,8-14H2,1H3,(H2,21,22,23);1H. The van der Waals surface area contributed by atoms with Crippen LogP contribution in [0.25, 0.3) is 0 Å². The van der Waals surface area contributed by atoms with Crippen LogP contribution in [0, 0.1) is 5.92 Å². The molecule has 1 saturated carbocycles. The SMILES string of the molecule is CN=C(NCC1CCS(=O)(=O)C1)NCC1(c2ccc(Br)cc2)CCCC1.I. The highest BCUT2D eigenvalue weighted by atomic mass is 127. The summed E-state index contributed by atoms with van der Waals surface area (Å²) >= 11 is 3.52. The molecule has 1 saturated heterocycles. The van der Waals surface area contributed by atoms with Gasteiger partial charge in [0, 0.05) is 30.0 Å². The number of nitrogens with zero attached hydrogens (tertiary/aromatic N) is 1. The molecule has 1 aliphatic carbocycles. The van der Waals surface area contributed by atoms with Crippen molar-refractivity contribution >= 4 is 55.7 Å². The highest BCUT2D eigenvalue weighted by Crippen LogP contribution is 2.40. The van der Waals surface area contributed by atoms with Gasteiger partial charge in [0.1, 0.15) is 0 Å². The molecular weight excluding hydrogens is 541 g/mol. The molecule has 2 aliphatic rings. The van der Waals surface area contributed by atoms with E-state index in [4.69, 9.17) is 0 Å². The van der Waals surface area contributed by atoms with E-state index in [9.17, 15) is 8.42 Å². The first-order valence-electron chi connectivity index (χ1n) is 9.33. The van der Waals surface area contributed by atoms with Crippen molar-refractivity contribution in [1.82, 2.24) is 10.6 Å². The van der Waals surface area contributed by atoms with Gasteiger partial charge in [-0.25, -0.2) is 8.42 Å². The molecule has 0 aromatic heterocycles. The molecule has 5 nitrogen and oxygen atoms in total. The smallest absolute Gasteiger partial charge is 0.191 e. The van der Waals surface area contributed by atoms with Crippen LogP contribution in [-0.2, 0) is 15.3 Å². The molecule has 1 unspecified atom stereocenters. The van der Waals surface area contributed by atoms with Gasteiger partial charge in [-0.3, -0.25) is 4.99 Å². The molecule has 152 valence electrons. The second kappa shape index (κ2) is 9.91. The van der Waals surface area contributed by atoms with E-state index < -0.39 is 9.84 Å². The Bertz CT molecular complexity index is 747. The molecule has 1 aromatic rings.